The lowest BCUT2D eigenvalue weighted by atomic mass is 10.3. The zero-order valence-electron chi connectivity index (χ0n) is 8.25. The van der Waals surface area contributed by atoms with Crippen molar-refractivity contribution in [3.05, 3.63) is 34.4 Å². The van der Waals surface area contributed by atoms with E-state index in [4.69, 9.17) is 10.5 Å². The lowest BCUT2D eigenvalue weighted by Crippen LogP contribution is -2.28. The number of nitrogen functional groups attached to an aromatic ring is 1. The molecule has 82 valence electrons. The van der Waals surface area contributed by atoms with Crippen LogP contribution in [-0.4, -0.2) is 24.9 Å². The highest BCUT2D eigenvalue weighted by Gasteiger charge is 2.19. The summed E-state index contributed by atoms with van der Waals surface area (Å²) < 4.78 is 9.76. The van der Waals surface area contributed by atoms with Crippen LogP contribution in [0.25, 0.3) is 0 Å². The van der Waals surface area contributed by atoms with Gasteiger partial charge in [-0.25, -0.2) is 0 Å². The number of ether oxygens (including phenoxy) is 2. The van der Waals surface area contributed by atoms with Crippen LogP contribution in [0.1, 0.15) is 0 Å². The summed E-state index contributed by atoms with van der Waals surface area (Å²) in [6.45, 7) is -0.146. The molecule has 0 aromatic heterocycles. The molecule has 6 heteroatoms. The highest BCUT2D eigenvalue weighted by molar-refractivity contribution is 5.43. The van der Waals surface area contributed by atoms with Crippen molar-refractivity contribution >= 4 is 5.69 Å². The van der Waals surface area contributed by atoms with Crippen LogP contribution < -0.4 is 10.5 Å². The third-order valence-electron chi connectivity index (χ3n) is 1.76. The fourth-order valence-electron chi connectivity index (χ4n) is 0.987. The highest BCUT2D eigenvalue weighted by atomic mass is 16.7. The largest absolute Gasteiger partial charge is 0.483 e. The van der Waals surface area contributed by atoms with Gasteiger partial charge in [-0.3, -0.25) is 10.1 Å². The quantitative estimate of drug-likeness (QED) is 0.339. The summed E-state index contributed by atoms with van der Waals surface area (Å²) in [5.74, 6) is 0.485. The van der Waals surface area contributed by atoms with Gasteiger partial charge in [-0.1, -0.05) is 6.07 Å². The highest BCUT2D eigenvalue weighted by Crippen LogP contribution is 2.14. The first-order chi connectivity index (χ1) is 7.13. The molecule has 1 unspecified atom stereocenters. The molecule has 0 aliphatic rings. The van der Waals surface area contributed by atoms with Gasteiger partial charge in [-0.2, -0.15) is 0 Å². The van der Waals surface area contributed by atoms with E-state index in [1.54, 1.807) is 24.3 Å². The molecule has 0 heterocycles. The van der Waals surface area contributed by atoms with Gasteiger partial charge in [0.2, 0.25) is 0 Å². The van der Waals surface area contributed by atoms with Gasteiger partial charge in [0.05, 0.1) is 4.92 Å². The van der Waals surface area contributed by atoms with Gasteiger partial charge in [-0.05, 0) is 12.1 Å². The molecule has 15 heavy (non-hydrogen) atoms. The first-order valence-electron chi connectivity index (χ1n) is 4.28. The van der Waals surface area contributed by atoms with Gasteiger partial charge in [0.15, 0.2) is 6.61 Å². The van der Waals surface area contributed by atoms with Crippen molar-refractivity contribution in [2.45, 2.75) is 6.23 Å². The second kappa shape index (κ2) is 5.16. The van der Waals surface area contributed by atoms with Crippen molar-refractivity contribution in [2.24, 2.45) is 0 Å². The minimum atomic E-state index is -1.16. The fraction of sp³-hybridized carbons (Fsp3) is 0.333. The number of hydrogen-bond donors (Lipinski definition) is 1. The lowest BCUT2D eigenvalue weighted by Gasteiger charge is -2.09. The van der Waals surface area contributed by atoms with Gasteiger partial charge in [0.25, 0.3) is 0 Å². The molecule has 6 nitrogen and oxygen atoms in total. The Hall–Kier alpha value is -1.82. The van der Waals surface area contributed by atoms with Gasteiger partial charge in [0, 0.05) is 18.9 Å². The van der Waals surface area contributed by atoms with Crippen LogP contribution in [0.5, 0.6) is 5.75 Å². The average Bonchev–Trinajstić information content (AvgIpc) is 2.18. The molecule has 1 rings (SSSR count). The Kier molecular flexibility index (Phi) is 3.87. The zero-order chi connectivity index (χ0) is 11.3. The van der Waals surface area contributed by atoms with Crippen LogP contribution in [0, 0.1) is 10.1 Å². The topological polar surface area (TPSA) is 87.6 Å². The van der Waals surface area contributed by atoms with E-state index in [0.717, 1.165) is 0 Å². The van der Waals surface area contributed by atoms with E-state index in [2.05, 4.69) is 4.74 Å². The standard InChI is InChI=1S/C9H12N2O4/c1-14-9(11(12)13)6-15-8-4-2-3-7(10)5-8/h2-5,9H,6,10H2,1H3. The van der Waals surface area contributed by atoms with E-state index >= 15 is 0 Å². The van der Waals surface area contributed by atoms with E-state index < -0.39 is 11.2 Å². The second-order valence-corrected chi connectivity index (χ2v) is 2.86. The SMILES string of the molecule is COC(COc1cccc(N)c1)[N+](=O)[O-]. The molecular formula is C9H12N2O4. The van der Waals surface area contributed by atoms with Crippen molar-refractivity contribution in [2.75, 3.05) is 19.5 Å². The molecular weight excluding hydrogens is 200 g/mol. The van der Waals surface area contributed by atoms with Crippen molar-refractivity contribution in [1.29, 1.82) is 0 Å². The monoisotopic (exact) mass is 212 g/mol. The number of hydrogen-bond acceptors (Lipinski definition) is 5. The van der Waals surface area contributed by atoms with Crippen molar-refractivity contribution < 1.29 is 14.4 Å². The molecule has 0 saturated heterocycles. The Morgan fingerprint density at radius 1 is 1.60 bits per heavy atom. The summed E-state index contributed by atoms with van der Waals surface area (Å²) in [6, 6.07) is 6.67. The molecule has 0 amide bonds. The van der Waals surface area contributed by atoms with Crippen LogP contribution in [-0.2, 0) is 4.74 Å². The number of anilines is 1. The predicted molar refractivity (Wildman–Crippen MR) is 54.1 cm³/mol. The molecule has 0 bridgehead atoms. The number of rotatable bonds is 5. The molecule has 1 aromatic carbocycles. The molecule has 2 N–H and O–H groups in total. The Bertz CT molecular complexity index is 343. The third-order valence-corrected chi connectivity index (χ3v) is 1.76. The summed E-state index contributed by atoms with van der Waals surface area (Å²) in [5, 5.41) is 10.4. The van der Waals surface area contributed by atoms with Crippen LogP contribution in [0.4, 0.5) is 5.69 Å². The lowest BCUT2D eigenvalue weighted by molar-refractivity contribution is -0.575. The van der Waals surface area contributed by atoms with E-state index in [1.165, 1.54) is 7.11 Å². The molecule has 0 aliphatic carbocycles. The Morgan fingerprint density at radius 2 is 2.33 bits per heavy atom. The number of methoxy groups -OCH3 is 1. The molecule has 0 saturated carbocycles. The summed E-state index contributed by atoms with van der Waals surface area (Å²) in [5.41, 5.74) is 6.06. The molecule has 0 spiro atoms. The van der Waals surface area contributed by atoms with E-state index in [-0.39, 0.29) is 6.61 Å². The molecule has 0 aliphatic heterocycles. The van der Waals surface area contributed by atoms with Gasteiger partial charge >= 0.3 is 6.23 Å². The van der Waals surface area contributed by atoms with Crippen molar-refractivity contribution in [1.82, 2.24) is 0 Å². The van der Waals surface area contributed by atoms with Gasteiger partial charge in [0.1, 0.15) is 5.75 Å². The summed E-state index contributed by atoms with van der Waals surface area (Å²) in [4.78, 5) is 9.85. The van der Waals surface area contributed by atoms with Crippen LogP contribution in [0.2, 0.25) is 0 Å². The van der Waals surface area contributed by atoms with E-state index in [1.807, 2.05) is 0 Å². The maximum absolute atomic E-state index is 10.4. The number of nitro groups is 1. The first kappa shape index (κ1) is 11.3. The Labute approximate surface area is 86.7 Å². The summed E-state index contributed by atoms with van der Waals surface area (Å²) >= 11 is 0. The zero-order valence-corrected chi connectivity index (χ0v) is 8.25. The molecule has 0 fully saturated rings. The summed E-state index contributed by atoms with van der Waals surface area (Å²) in [6.07, 6.45) is -1.16. The van der Waals surface area contributed by atoms with Crippen LogP contribution >= 0.6 is 0 Å². The second-order valence-electron chi connectivity index (χ2n) is 2.86. The fourth-order valence-corrected chi connectivity index (χ4v) is 0.987. The number of nitrogens with zero attached hydrogens (tertiary/aromatic N) is 1. The molecule has 1 atom stereocenters. The maximum Gasteiger partial charge on any atom is 0.349 e. The number of nitrogens with two attached hydrogens (primary N) is 1. The Morgan fingerprint density at radius 3 is 2.87 bits per heavy atom. The smallest absolute Gasteiger partial charge is 0.349 e. The minimum absolute atomic E-state index is 0.146. The molecule has 1 aromatic rings. The van der Waals surface area contributed by atoms with Gasteiger partial charge in [-0.15, -0.1) is 0 Å². The first-order valence-corrected chi connectivity index (χ1v) is 4.28. The maximum atomic E-state index is 10.4. The predicted octanol–water partition coefficient (Wildman–Crippen LogP) is 0.897. The van der Waals surface area contributed by atoms with E-state index in [0.29, 0.717) is 11.4 Å². The van der Waals surface area contributed by atoms with Crippen LogP contribution in [0.15, 0.2) is 24.3 Å². The van der Waals surface area contributed by atoms with Crippen molar-refractivity contribution in [3.63, 3.8) is 0 Å². The van der Waals surface area contributed by atoms with Crippen LogP contribution in [0.3, 0.4) is 0 Å². The summed E-state index contributed by atoms with van der Waals surface area (Å²) in [7, 11) is 1.26. The average molecular weight is 212 g/mol. The third kappa shape index (κ3) is 3.43. The van der Waals surface area contributed by atoms with Gasteiger partial charge < -0.3 is 15.2 Å². The minimum Gasteiger partial charge on any atom is -0.483 e. The van der Waals surface area contributed by atoms with E-state index in [9.17, 15) is 10.1 Å². The number of benzene rings is 1. The molecule has 0 radical (unpaired) electrons. The Balaban J connectivity index is 2.52. The normalized spacial score (nSPS) is 12.1. The van der Waals surface area contributed by atoms with Crippen molar-refractivity contribution in [3.8, 4) is 5.75 Å².